The predicted molar refractivity (Wildman–Crippen MR) is 362 cm³/mol. The van der Waals surface area contributed by atoms with Crippen molar-refractivity contribution in [1.82, 2.24) is 0 Å². The molecule has 33 heteroatoms. The van der Waals surface area contributed by atoms with Gasteiger partial charge in [-0.3, -0.25) is 9.11 Å². The molecule has 10 aromatic carbocycles. The molecule has 0 bridgehead atoms. The summed E-state index contributed by atoms with van der Waals surface area (Å²) in [6.45, 7) is 0. The van der Waals surface area contributed by atoms with E-state index in [1.165, 1.54) is 69.9 Å². The van der Waals surface area contributed by atoms with Crippen LogP contribution >= 0.6 is 45.2 Å². The fraction of sp³-hybridized carbons (Fsp3) is 0.0769. The predicted octanol–water partition coefficient (Wildman–Crippen LogP) is 18.4. The number of rotatable bonds is 12. The average Bonchev–Trinajstić information content (AvgIpc) is 0.820. The molecule has 10 rings (SSSR count). The summed E-state index contributed by atoms with van der Waals surface area (Å²) < 4.78 is 242. The molecule has 0 aliphatic rings. The summed E-state index contributed by atoms with van der Waals surface area (Å²) in [5.74, 6) is 1.67. The van der Waals surface area contributed by atoms with E-state index >= 15 is 0 Å². The molecule has 0 amide bonds. The van der Waals surface area contributed by atoms with Crippen LogP contribution in [-0.2, 0) is 68.7 Å². The maximum Gasteiger partial charge on any atom is 0.522 e. The normalized spacial score (nSPS) is 11.9. The number of benzene rings is 10. The Kier molecular flexibility index (Phi) is 29.8. The van der Waals surface area contributed by atoms with Gasteiger partial charge in [0, 0.05) is 7.14 Å². The van der Waals surface area contributed by atoms with E-state index in [1.54, 1.807) is 0 Å². The fourth-order valence-electron chi connectivity index (χ4n) is 7.70. The summed E-state index contributed by atoms with van der Waals surface area (Å²) >= 11 is 4.79. The molecule has 0 unspecified atom stereocenters. The topological polar surface area (TPSA) is 232 Å². The third kappa shape index (κ3) is 25.9. The van der Waals surface area contributed by atoms with Gasteiger partial charge in [-0.1, -0.05) is 158 Å². The van der Waals surface area contributed by atoms with Crippen molar-refractivity contribution >= 4 is 107 Å². The fourth-order valence-corrected chi connectivity index (χ4v) is 13.3. The van der Waals surface area contributed by atoms with Gasteiger partial charge in [0.05, 0.1) is 21.8 Å². The van der Waals surface area contributed by atoms with Crippen LogP contribution in [0, 0.1) is 7.14 Å². The maximum absolute atomic E-state index is 10.7. The summed E-state index contributed by atoms with van der Waals surface area (Å²) in [7, 11) is -24.1. The van der Waals surface area contributed by atoms with E-state index in [1.807, 2.05) is 12.1 Å². The molecule has 0 heterocycles. The molecule has 0 saturated heterocycles. The van der Waals surface area contributed by atoms with Crippen LogP contribution in [0.5, 0.6) is 11.5 Å². The second-order valence-corrected chi connectivity index (χ2v) is 31.0. The van der Waals surface area contributed by atoms with Crippen molar-refractivity contribution in [2.24, 2.45) is 0 Å². The Labute approximate surface area is 588 Å². The summed E-state index contributed by atoms with van der Waals surface area (Å²) in [5, 5.41) is 0. The highest BCUT2D eigenvalue weighted by molar-refractivity contribution is 14.1. The lowest BCUT2D eigenvalue weighted by Crippen LogP contribution is -2.21. The van der Waals surface area contributed by atoms with E-state index in [-0.39, 0.29) is 21.8 Å². The summed E-state index contributed by atoms with van der Waals surface area (Å²) in [6.07, 6.45) is 0.941. The first-order valence-corrected chi connectivity index (χ1v) is 37.2. The minimum Gasteiger partial charge on any atom is -0.741 e. The Balaban J connectivity index is 0.000000246. The van der Waals surface area contributed by atoms with E-state index in [0.29, 0.717) is 0 Å². The number of alkyl halides is 12. The van der Waals surface area contributed by atoms with Crippen LogP contribution in [-0.4, -0.2) is 73.9 Å². The van der Waals surface area contributed by atoms with Crippen molar-refractivity contribution < 1.29 is 109 Å². The Morgan fingerprint density at radius 3 is 0.765 bits per heavy atom. The largest absolute Gasteiger partial charge is 0.741 e. The minimum absolute atomic E-state index is 0.0967. The summed E-state index contributed by atoms with van der Waals surface area (Å²) in [6, 6.07) is 94.9. The van der Waals surface area contributed by atoms with Crippen LogP contribution in [0.3, 0.4) is 0 Å². The molecule has 98 heavy (non-hydrogen) atoms. The lowest BCUT2D eigenvalue weighted by molar-refractivity contribution is -0.0522. The van der Waals surface area contributed by atoms with Crippen LogP contribution in [0.2, 0.25) is 0 Å². The zero-order chi connectivity index (χ0) is 72.9. The van der Waals surface area contributed by atoms with Gasteiger partial charge >= 0.3 is 42.3 Å². The highest BCUT2D eigenvalue weighted by Crippen LogP contribution is 2.36. The summed E-state index contributed by atoms with van der Waals surface area (Å²) in [4.78, 5) is 7.94. The van der Waals surface area contributed by atoms with Gasteiger partial charge in [-0.05, 0) is 194 Å². The molecule has 2 N–H and O–H groups in total. The average molecular weight is 1710 g/mol. The third-order valence-electron chi connectivity index (χ3n) is 12.1. The van der Waals surface area contributed by atoms with E-state index < -0.39 is 62.5 Å². The maximum atomic E-state index is 10.7. The zero-order valence-electron chi connectivity index (χ0n) is 49.2. The van der Waals surface area contributed by atoms with Gasteiger partial charge in [-0.25, -0.2) is 16.8 Å². The first-order chi connectivity index (χ1) is 45.6. The van der Waals surface area contributed by atoms with Gasteiger partial charge in [-0.2, -0.15) is 69.5 Å². The Bertz CT molecular complexity index is 4150. The van der Waals surface area contributed by atoms with Crippen molar-refractivity contribution in [2.45, 2.75) is 57.8 Å². The Hall–Kier alpha value is -7.04. The van der Waals surface area contributed by atoms with Crippen LogP contribution < -0.4 is 4.74 Å². The van der Waals surface area contributed by atoms with Crippen LogP contribution in [0.15, 0.2) is 296 Å². The molecule has 0 atom stereocenters. The van der Waals surface area contributed by atoms with E-state index in [2.05, 4.69) is 300 Å². The van der Waals surface area contributed by atoms with Crippen LogP contribution in [0.25, 0.3) is 22.3 Å². The minimum atomic E-state index is -6.09. The molecule has 0 fully saturated rings. The van der Waals surface area contributed by atoms with E-state index in [0.717, 1.165) is 17.9 Å². The van der Waals surface area contributed by atoms with Crippen LogP contribution in [0.4, 0.5) is 52.7 Å². The van der Waals surface area contributed by atoms with Gasteiger partial charge in [-0.15, -0.1) is 0 Å². The molecular weight excluding hydrogens is 1660 g/mol. The monoisotopic (exact) mass is 1710 g/mol. The first-order valence-electron chi connectivity index (χ1n) is 26.9. The van der Waals surface area contributed by atoms with Gasteiger partial charge in [0.25, 0.3) is 0 Å². The number of ether oxygens (including phenoxy) is 1. The number of hydrogen-bond donors (Lipinski definition) is 2. The van der Waals surface area contributed by atoms with Gasteiger partial charge in [0.1, 0.15) is 11.5 Å². The Morgan fingerprint density at radius 2 is 0.520 bits per heavy atom. The number of halogens is 14. The molecule has 520 valence electrons. The lowest BCUT2D eigenvalue weighted by Gasteiger charge is -2.10. The van der Waals surface area contributed by atoms with Crippen molar-refractivity contribution in [2.75, 3.05) is 0 Å². The van der Waals surface area contributed by atoms with Gasteiger partial charge in [0.2, 0.25) is 0 Å². The SMILES string of the molecule is Ic1ccccc1-c1ccc(Cc2ccc([S+](c3ccccc3)c3ccccc3)cc2)cc1.Ic1ccccc1-c1ccc(Oc2ccc([S+](c3ccccc3)c3ccccc3)cc2)cc1.O=S(=O)(O)C(F)(F)F.O=S(=O)(O)C(F)(F)F.O=S(=O)([O-])C(F)(F)F.O=S(=O)([O-])C(F)(F)F. The Morgan fingerprint density at radius 1 is 0.316 bits per heavy atom. The highest BCUT2D eigenvalue weighted by Gasteiger charge is 2.45. The smallest absolute Gasteiger partial charge is 0.522 e. The highest BCUT2D eigenvalue weighted by atomic mass is 127. The zero-order valence-corrected chi connectivity index (χ0v) is 58.5. The van der Waals surface area contributed by atoms with Gasteiger partial charge < -0.3 is 13.8 Å². The van der Waals surface area contributed by atoms with Crippen molar-refractivity contribution in [1.29, 1.82) is 0 Å². The van der Waals surface area contributed by atoms with Gasteiger partial charge in [0.15, 0.2) is 49.6 Å². The molecule has 0 saturated carbocycles. The van der Waals surface area contributed by atoms with E-state index in [9.17, 15) is 52.7 Å². The molecule has 0 spiro atoms. The molecular formula is C65H48F12I2O13S6. The van der Waals surface area contributed by atoms with Crippen molar-refractivity contribution in [3.8, 4) is 33.8 Å². The first kappa shape index (κ1) is 81.6. The molecule has 0 radical (unpaired) electrons. The second kappa shape index (κ2) is 35.8. The van der Waals surface area contributed by atoms with Crippen molar-refractivity contribution in [3.05, 3.63) is 285 Å². The summed E-state index contributed by atoms with van der Waals surface area (Å²) in [5.41, 5.74) is -14.7. The molecule has 10 aromatic rings. The quantitative estimate of drug-likeness (QED) is 0.0381. The van der Waals surface area contributed by atoms with Crippen LogP contribution in [0.1, 0.15) is 11.1 Å². The van der Waals surface area contributed by atoms with E-state index in [4.69, 9.17) is 56.6 Å². The molecule has 13 nitrogen and oxygen atoms in total. The molecule has 0 aromatic heterocycles. The van der Waals surface area contributed by atoms with Crippen molar-refractivity contribution in [3.63, 3.8) is 0 Å². The number of hydrogen-bond acceptors (Lipinski definition) is 11. The molecule has 0 aliphatic heterocycles. The molecule has 0 aliphatic carbocycles. The second-order valence-electron chi connectivity index (χ2n) is 19.1. The standard InChI is InChI=1S/C31H24IS.C30H22IOS.4CHF3O3S/c32-31-14-8-7-13-30(31)26-19-15-24(16-20-26)23-25-17-21-29(22-18-25)33(27-9-3-1-4-10-27)28-11-5-2-6-12-28;31-30-14-8-7-13-29(30)23-15-17-24(18-16-23)32-25-19-21-28(22-20-25)33(26-9-3-1-4-10-26)27-11-5-2-6-12-27;4*2-1(3,4)8(5,6)7/h1-22H,23H2;1-22H;4*(H,5,6,7)/q2*+1;;;;/p-2. The lowest BCUT2D eigenvalue weighted by atomic mass is 10.0. The third-order valence-corrected chi connectivity index (χ3v) is 20.8.